The average Bonchev–Trinajstić information content (AvgIpc) is 3.38. The van der Waals surface area contributed by atoms with E-state index in [1.165, 1.54) is 45.0 Å². The predicted molar refractivity (Wildman–Crippen MR) is 181 cm³/mol. The van der Waals surface area contributed by atoms with Crippen molar-refractivity contribution in [3.63, 3.8) is 0 Å². The molecule has 1 aromatic heterocycles. The highest BCUT2D eigenvalue weighted by Crippen LogP contribution is 2.44. The Kier molecular flexibility index (Phi) is 9.44. The number of benzene rings is 3. The molecule has 252 valence electrons. The van der Waals surface area contributed by atoms with Crippen LogP contribution in [-0.2, 0) is 10.0 Å². The normalized spacial score (nSPS) is 18.6. The lowest BCUT2D eigenvalue weighted by Crippen LogP contribution is -2.48. The fourth-order valence-electron chi connectivity index (χ4n) is 5.36. The second-order valence-corrected chi connectivity index (χ2v) is 16.4. The van der Waals surface area contributed by atoms with Crippen LogP contribution in [0.3, 0.4) is 0 Å². The predicted octanol–water partition coefficient (Wildman–Crippen LogP) is 8.93. The van der Waals surface area contributed by atoms with Crippen molar-refractivity contribution in [2.45, 2.75) is 82.8 Å². The van der Waals surface area contributed by atoms with Gasteiger partial charge in [0, 0.05) is 22.7 Å². The zero-order valence-electron chi connectivity index (χ0n) is 27.2. The van der Waals surface area contributed by atoms with E-state index in [-0.39, 0.29) is 27.7 Å². The summed E-state index contributed by atoms with van der Waals surface area (Å²) in [5.41, 5.74) is 1.09. The van der Waals surface area contributed by atoms with Gasteiger partial charge in [0.1, 0.15) is 0 Å². The summed E-state index contributed by atoms with van der Waals surface area (Å²) in [7, 11) is -4.09. The third-order valence-corrected chi connectivity index (χ3v) is 10.8. The summed E-state index contributed by atoms with van der Waals surface area (Å²) < 4.78 is 79.4. The first-order valence-corrected chi connectivity index (χ1v) is 17.7. The summed E-state index contributed by atoms with van der Waals surface area (Å²) in [6, 6.07) is 18.0. The Bertz CT molecular complexity index is 1860. The molecule has 0 aliphatic heterocycles. The van der Waals surface area contributed by atoms with Crippen molar-refractivity contribution < 1.29 is 31.4 Å². The molecule has 0 bridgehead atoms. The maximum absolute atomic E-state index is 14.9. The molecule has 1 aliphatic rings. The lowest BCUT2D eigenvalue weighted by molar-refractivity contribution is -0.123. The molecule has 0 amide bonds. The Morgan fingerprint density at radius 1 is 1.06 bits per heavy atom. The topological polar surface area (TPSA) is 101 Å². The lowest BCUT2D eigenvalue weighted by atomic mass is 9.77. The molecule has 4 aromatic rings. The Labute approximate surface area is 278 Å². The number of alkyl halides is 2. The van der Waals surface area contributed by atoms with Crippen LogP contribution < -0.4 is 14.8 Å². The number of anilines is 2. The smallest absolute Gasteiger partial charge is 0.286 e. The molecule has 1 saturated carbocycles. The molecule has 0 unspecified atom stereocenters. The van der Waals surface area contributed by atoms with Crippen molar-refractivity contribution in [1.29, 1.82) is 0 Å². The summed E-state index contributed by atoms with van der Waals surface area (Å²) in [5, 5.41) is 13.4. The van der Waals surface area contributed by atoms with Crippen molar-refractivity contribution >= 4 is 32.2 Å². The zero-order valence-corrected chi connectivity index (χ0v) is 28.8. The molecule has 1 heterocycles. The number of halogens is 3. The first kappa shape index (κ1) is 34.7. The molecular weight excluding hydrogens is 648 g/mol. The van der Waals surface area contributed by atoms with Gasteiger partial charge in [-0.25, -0.2) is 26.6 Å². The molecular formula is C35H40F3N3O4S2. The molecule has 47 heavy (non-hydrogen) atoms. The van der Waals surface area contributed by atoms with Gasteiger partial charge < -0.3 is 15.2 Å². The van der Waals surface area contributed by atoms with Gasteiger partial charge in [0.05, 0.1) is 21.1 Å². The van der Waals surface area contributed by atoms with Gasteiger partial charge in [-0.1, -0.05) is 82.4 Å². The van der Waals surface area contributed by atoms with Crippen molar-refractivity contribution in [3.05, 3.63) is 78.1 Å². The molecule has 12 heteroatoms. The number of thiazole rings is 1. The van der Waals surface area contributed by atoms with E-state index in [4.69, 9.17) is 9.72 Å². The molecule has 0 radical (unpaired) electrons. The SMILES string of the molecule is CC(C)c1ccccc1-c1nc(NS(=O)(=O)c2cccc(NC3CC(C)(O)C3)c2)sc1-c1ccc(F)c(OCC(F)(F)C(C)(C)C)c1. The van der Waals surface area contributed by atoms with Crippen molar-refractivity contribution in [3.8, 4) is 27.4 Å². The second-order valence-electron chi connectivity index (χ2n) is 13.7. The lowest BCUT2D eigenvalue weighted by Gasteiger charge is -2.41. The van der Waals surface area contributed by atoms with Gasteiger partial charge in [0.25, 0.3) is 15.9 Å². The highest BCUT2D eigenvalue weighted by molar-refractivity contribution is 7.93. The van der Waals surface area contributed by atoms with Gasteiger partial charge in [-0.3, -0.25) is 4.72 Å². The van der Waals surface area contributed by atoms with Gasteiger partial charge in [-0.15, -0.1) is 0 Å². The van der Waals surface area contributed by atoms with Gasteiger partial charge in [0.2, 0.25) is 0 Å². The van der Waals surface area contributed by atoms with Crippen LogP contribution in [-0.4, -0.2) is 42.7 Å². The average molecular weight is 688 g/mol. The molecule has 0 atom stereocenters. The minimum atomic E-state index is -4.09. The molecule has 1 aliphatic carbocycles. The van der Waals surface area contributed by atoms with E-state index in [0.29, 0.717) is 34.7 Å². The number of nitrogens with zero attached hydrogens (tertiary/aromatic N) is 1. The number of rotatable bonds is 11. The molecule has 3 N–H and O–H groups in total. The van der Waals surface area contributed by atoms with Crippen molar-refractivity contribution in [2.75, 3.05) is 16.6 Å². The molecule has 0 saturated heterocycles. The minimum absolute atomic E-state index is 0.0201. The summed E-state index contributed by atoms with van der Waals surface area (Å²) in [5.74, 6) is -4.27. The quantitative estimate of drug-likeness (QED) is 0.146. The largest absolute Gasteiger partial charge is 0.484 e. The molecule has 1 fully saturated rings. The maximum atomic E-state index is 14.9. The number of sulfonamides is 1. The number of hydrogen-bond acceptors (Lipinski definition) is 7. The number of aliphatic hydroxyl groups is 1. The van der Waals surface area contributed by atoms with Gasteiger partial charge in [-0.2, -0.15) is 0 Å². The summed E-state index contributed by atoms with van der Waals surface area (Å²) >= 11 is 1.05. The van der Waals surface area contributed by atoms with E-state index in [2.05, 4.69) is 10.0 Å². The highest BCUT2D eigenvalue weighted by atomic mass is 32.2. The third-order valence-electron chi connectivity index (χ3n) is 8.27. The Hall–Kier alpha value is -3.61. The van der Waals surface area contributed by atoms with Crippen LogP contribution in [0.2, 0.25) is 0 Å². The van der Waals surface area contributed by atoms with E-state index >= 15 is 0 Å². The van der Waals surface area contributed by atoms with Crippen LogP contribution in [0, 0.1) is 11.2 Å². The second kappa shape index (κ2) is 12.8. The number of aromatic nitrogens is 1. The summed E-state index contributed by atoms with van der Waals surface area (Å²) in [6.07, 6.45) is 1.11. The monoisotopic (exact) mass is 687 g/mol. The zero-order chi connectivity index (χ0) is 34.4. The van der Waals surface area contributed by atoms with E-state index < -0.39 is 39.4 Å². The Balaban J connectivity index is 1.51. The number of ether oxygens (including phenoxy) is 1. The van der Waals surface area contributed by atoms with Crippen LogP contribution in [0.25, 0.3) is 21.7 Å². The molecule has 0 spiro atoms. The van der Waals surface area contributed by atoms with E-state index in [1.54, 1.807) is 19.1 Å². The highest BCUT2D eigenvalue weighted by Gasteiger charge is 2.44. The van der Waals surface area contributed by atoms with E-state index in [9.17, 15) is 26.7 Å². The molecule has 5 rings (SSSR count). The fraction of sp³-hybridized carbons (Fsp3) is 0.400. The third kappa shape index (κ3) is 7.76. The van der Waals surface area contributed by atoms with Crippen molar-refractivity contribution in [1.82, 2.24) is 4.98 Å². The first-order chi connectivity index (χ1) is 21.8. The molecule has 7 nitrogen and oxygen atoms in total. The van der Waals surface area contributed by atoms with E-state index in [0.717, 1.165) is 28.5 Å². The standard InChI is InChI=1S/C35H40F3N3O4S2/c1-21(2)26-12-7-8-13-27(26)30-31(22-14-15-28(36)29(16-22)45-20-35(37,38)33(3,4)5)46-32(40-30)41-47(43,44)25-11-9-10-23(17-25)39-24-18-34(6,42)19-24/h7-17,21,24,39,42H,18-20H2,1-6H3,(H,40,41). The Morgan fingerprint density at radius 2 is 1.77 bits per heavy atom. The number of hydrogen-bond donors (Lipinski definition) is 3. The minimum Gasteiger partial charge on any atom is -0.484 e. The summed E-state index contributed by atoms with van der Waals surface area (Å²) in [4.78, 5) is 5.25. The van der Waals surface area contributed by atoms with Gasteiger partial charge in [0.15, 0.2) is 23.3 Å². The van der Waals surface area contributed by atoms with Gasteiger partial charge >= 0.3 is 0 Å². The Morgan fingerprint density at radius 3 is 2.43 bits per heavy atom. The van der Waals surface area contributed by atoms with E-state index in [1.807, 2.05) is 38.1 Å². The van der Waals surface area contributed by atoms with Crippen LogP contribution in [0.1, 0.15) is 65.9 Å². The fourth-order valence-corrected chi connectivity index (χ4v) is 7.62. The van der Waals surface area contributed by atoms with Crippen LogP contribution in [0.5, 0.6) is 5.75 Å². The van der Waals surface area contributed by atoms with Crippen molar-refractivity contribution in [2.24, 2.45) is 5.41 Å². The van der Waals surface area contributed by atoms with Gasteiger partial charge in [-0.05, 0) is 67.1 Å². The maximum Gasteiger partial charge on any atom is 0.286 e. The first-order valence-electron chi connectivity index (χ1n) is 15.4. The summed E-state index contributed by atoms with van der Waals surface area (Å²) in [6.45, 7) is 8.95. The molecule has 3 aromatic carbocycles. The number of nitrogens with one attached hydrogen (secondary N) is 2. The van der Waals surface area contributed by atoms with Crippen LogP contribution in [0.15, 0.2) is 71.6 Å². The van der Waals surface area contributed by atoms with Crippen LogP contribution >= 0.6 is 11.3 Å². The van der Waals surface area contributed by atoms with Crippen LogP contribution in [0.4, 0.5) is 24.0 Å².